The number of rotatable bonds is 6. The highest BCUT2D eigenvalue weighted by Crippen LogP contribution is 2.47. The zero-order valence-corrected chi connectivity index (χ0v) is 14.7. The van der Waals surface area contributed by atoms with Crippen LogP contribution in [0, 0.1) is 19.8 Å². The van der Waals surface area contributed by atoms with Gasteiger partial charge in [-0.3, -0.25) is 9.48 Å². The maximum Gasteiger partial charge on any atom is 0.307 e. The van der Waals surface area contributed by atoms with E-state index in [1.165, 1.54) is 11.3 Å². The van der Waals surface area contributed by atoms with E-state index in [0.717, 1.165) is 29.9 Å². The van der Waals surface area contributed by atoms with Crippen LogP contribution in [-0.4, -0.2) is 20.9 Å². The number of hydrogen-bond acceptors (Lipinski definition) is 3. The van der Waals surface area contributed by atoms with Gasteiger partial charge in [0, 0.05) is 29.5 Å². The van der Waals surface area contributed by atoms with Crippen LogP contribution in [0.25, 0.3) is 0 Å². The highest BCUT2D eigenvalue weighted by molar-refractivity contribution is 5.75. The molecular weight excluding hydrogens is 302 g/mol. The van der Waals surface area contributed by atoms with E-state index < -0.39 is 5.97 Å². The van der Waals surface area contributed by atoms with Crippen LogP contribution in [-0.2, 0) is 11.3 Å². The van der Waals surface area contributed by atoms with Crippen LogP contribution in [0.3, 0.4) is 0 Å². The third-order valence-electron chi connectivity index (χ3n) is 4.88. The van der Waals surface area contributed by atoms with Crippen LogP contribution in [0.15, 0.2) is 24.3 Å². The van der Waals surface area contributed by atoms with Crippen molar-refractivity contribution < 1.29 is 9.90 Å². The summed E-state index contributed by atoms with van der Waals surface area (Å²) in [6.07, 6.45) is 0.759. The lowest BCUT2D eigenvalue weighted by molar-refractivity contribution is -0.138. The summed E-state index contributed by atoms with van der Waals surface area (Å²) in [4.78, 5) is 11.0. The molecule has 0 amide bonds. The molecule has 1 fully saturated rings. The zero-order valence-electron chi connectivity index (χ0n) is 14.7. The molecule has 24 heavy (non-hydrogen) atoms. The van der Waals surface area contributed by atoms with Gasteiger partial charge in [-0.05, 0) is 57.7 Å². The fourth-order valence-electron chi connectivity index (χ4n) is 3.33. The lowest BCUT2D eigenvalue weighted by atomic mass is 10.1. The maximum atomic E-state index is 11.0. The number of carboxylic acid groups (broad SMARTS) is 1. The zero-order chi connectivity index (χ0) is 17.4. The Morgan fingerprint density at radius 1 is 1.33 bits per heavy atom. The molecule has 5 nitrogen and oxygen atoms in total. The van der Waals surface area contributed by atoms with Gasteiger partial charge in [-0.15, -0.1) is 0 Å². The van der Waals surface area contributed by atoms with Gasteiger partial charge < -0.3 is 10.4 Å². The average molecular weight is 327 g/mol. The third-order valence-corrected chi connectivity index (χ3v) is 4.88. The number of benzene rings is 1. The number of nitrogens with one attached hydrogen (secondary N) is 1. The molecule has 2 N–H and O–H groups in total. The quantitative estimate of drug-likeness (QED) is 0.845. The Kier molecular flexibility index (Phi) is 4.35. The molecule has 1 saturated carbocycles. The standard InChI is InChI=1S/C19H25N3O2/c1-11(2)22-13(4)18(12(3)21-22)10-20-15-7-5-14(6-8-15)16-9-17(16)19(23)24/h5-8,11,16-17,20H,9-10H2,1-4H3,(H,23,24)/t16-,17+/m0/s1. The Morgan fingerprint density at radius 2 is 2.00 bits per heavy atom. The van der Waals surface area contributed by atoms with Crippen molar-refractivity contribution in [1.82, 2.24) is 9.78 Å². The van der Waals surface area contributed by atoms with E-state index in [9.17, 15) is 4.79 Å². The number of carboxylic acids is 1. The first kappa shape index (κ1) is 16.6. The number of aromatic nitrogens is 2. The molecule has 1 aliphatic rings. The molecule has 0 bridgehead atoms. The van der Waals surface area contributed by atoms with E-state index in [0.29, 0.717) is 6.04 Å². The van der Waals surface area contributed by atoms with Crippen LogP contribution < -0.4 is 5.32 Å². The van der Waals surface area contributed by atoms with Gasteiger partial charge in [0.2, 0.25) is 0 Å². The van der Waals surface area contributed by atoms with Gasteiger partial charge in [0.1, 0.15) is 0 Å². The first-order valence-electron chi connectivity index (χ1n) is 8.49. The maximum absolute atomic E-state index is 11.0. The predicted octanol–water partition coefficient (Wildman–Crippen LogP) is 3.88. The topological polar surface area (TPSA) is 67.2 Å². The molecule has 2 aromatic rings. The smallest absolute Gasteiger partial charge is 0.307 e. The van der Waals surface area contributed by atoms with Crippen molar-refractivity contribution >= 4 is 11.7 Å². The minimum atomic E-state index is -0.685. The minimum absolute atomic E-state index is 0.185. The molecule has 0 radical (unpaired) electrons. The number of carbonyl (C=O) groups is 1. The van der Waals surface area contributed by atoms with Gasteiger partial charge in [-0.25, -0.2) is 0 Å². The second-order valence-corrected chi connectivity index (χ2v) is 6.95. The fraction of sp³-hybridized carbons (Fsp3) is 0.474. The van der Waals surface area contributed by atoms with Crippen LogP contribution in [0.5, 0.6) is 0 Å². The largest absolute Gasteiger partial charge is 0.481 e. The summed E-state index contributed by atoms with van der Waals surface area (Å²) >= 11 is 0. The second-order valence-electron chi connectivity index (χ2n) is 6.95. The van der Waals surface area contributed by atoms with Crippen molar-refractivity contribution in [2.75, 3.05) is 5.32 Å². The Hall–Kier alpha value is -2.30. The van der Waals surface area contributed by atoms with Gasteiger partial charge in [0.25, 0.3) is 0 Å². The third kappa shape index (κ3) is 3.16. The summed E-state index contributed by atoms with van der Waals surface area (Å²) in [5.74, 6) is -0.698. The van der Waals surface area contributed by atoms with Crippen molar-refractivity contribution in [2.24, 2.45) is 5.92 Å². The number of nitrogens with zero attached hydrogens (tertiary/aromatic N) is 2. The molecule has 1 heterocycles. The molecule has 5 heteroatoms. The van der Waals surface area contributed by atoms with Gasteiger partial charge in [0.05, 0.1) is 11.6 Å². The number of anilines is 1. The molecule has 1 aliphatic carbocycles. The van der Waals surface area contributed by atoms with Crippen LogP contribution in [0.2, 0.25) is 0 Å². The van der Waals surface area contributed by atoms with Crippen molar-refractivity contribution in [3.8, 4) is 0 Å². The molecule has 3 rings (SSSR count). The van der Waals surface area contributed by atoms with E-state index in [4.69, 9.17) is 5.11 Å². The molecule has 0 unspecified atom stereocenters. The van der Waals surface area contributed by atoms with Gasteiger partial charge in [0.15, 0.2) is 0 Å². The molecule has 1 aromatic heterocycles. The Labute approximate surface area is 142 Å². The predicted molar refractivity (Wildman–Crippen MR) is 94.3 cm³/mol. The molecular formula is C19H25N3O2. The fourth-order valence-corrected chi connectivity index (χ4v) is 3.33. The average Bonchev–Trinajstić information content (AvgIpc) is 3.28. The number of aliphatic carboxylic acids is 1. The van der Waals surface area contributed by atoms with Crippen LogP contribution in [0.1, 0.15) is 54.7 Å². The SMILES string of the molecule is Cc1nn(C(C)C)c(C)c1CNc1ccc([C@@H]2C[C@H]2C(=O)O)cc1. The summed E-state index contributed by atoms with van der Waals surface area (Å²) < 4.78 is 2.06. The number of hydrogen-bond donors (Lipinski definition) is 2. The van der Waals surface area contributed by atoms with Crippen LogP contribution >= 0.6 is 0 Å². The van der Waals surface area contributed by atoms with E-state index in [1.54, 1.807) is 0 Å². The second kappa shape index (κ2) is 6.30. The van der Waals surface area contributed by atoms with Crippen molar-refractivity contribution in [2.45, 2.75) is 52.6 Å². The summed E-state index contributed by atoms with van der Waals surface area (Å²) in [7, 11) is 0. The van der Waals surface area contributed by atoms with E-state index in [1.807, 2.05) is 31.2 Å². The molecule has 0 aliphatic heterocycles. The normalized spacial score (nSPS) is 19.5. The first-order chi connectivity index (χ1) is 11.4. The van der Waals surface area contributed by atoms with Gasteiger partial charge >= 0.3 is 5.97 Å². The van der Waals surface area contributed by atoms with Crippen molar-refractivity contribution in [3.63, 3.8) is 0 Å². The Morgan fingerprint density at radius 3 is 2.50 bits per heavy atom. The summed E-state index contributed by atoms with van der Waals surface area (Å²) in [5, 5.41) is 17.1. The Bertz CT molecular complexity index is 747. The monoisotopic (exact) mass is 327 g/mol. The van der Waals surface area contributed by atoms with E-state index >= 15 is 0 Å². The highest BCUT2D eigenvalue weighted by atomic mass is 16.4. The van der Waals surface area contributed by atoms with E-state index in [2.05, 4.69) is 35.9 Å². The summed E-state index contributed by atoms with van der Waals surface area (Å²) in [6.45, 7) is 9.17. The summed E-state index contributed by atoms with van der Waals surface area (Å²) in [6, 6.07) is 8.49. The van der Waals surface area contributed by atoms with Crippen LogP contribution in [0.4, 0.5) is 5.69 Å². The molecule has 128 valence electrons. The number of aryl methyl sites for hydroxylation is 1. The molecule has 1 aromatic carbocycles. The van der Waals surface area contributed by atoms with Gasteiger partial charge in [-0.2, -0.15) is 5.10 Å². The van der Waals surface area contributed by atoms with Crippen molar-refractivity contribution in [3.05, 3.63) is 46.8 Å². The first-order valence-corrected chi connectivity index (χ1v) is 8.49. The van der Waals surface area contributed by atoms with Gasteiger partial charge in [-0.1, -0.05) is 12.1 Å². The summed E-state index contributed by atoms with van der Waals surface area (Å²) in [5.41, 5.74) is 5.66. The minimum Gasteiger partial charge on any atom is -0.481 e. The van der Waals surface area contributed by atoms with E-state index in [-0.39, 0.29) is 11.8 Å². The highest BCUT2D eigenvalue weighted by Gasteiger charge is 2.43. The molecule has 2 atom stereocenters. The van der Waals surface area contributed by atoms with Crippen molar-refractivity contribution in [1.29, 1.82) is 0 Å². The lowest BCUT2D eigenvalue weighted by Gasteiger charge is -2.10. The molecule has 0 saturated heterocycles. The lowest BCUT2D eigenvalue weighted by Crippen LogP contribution is -2.06. The molecule has 0 spiro atoms. The Balaban J connectivity index is 1.65.